The van der Waals surface area contributed by atoms with E-state index in [1.54, 1.807) is 0 Å². The van der Waals surface area contributed by atoms with Gasteiger partial charge in [0.05, 0.1) is 5.70 Å². The maximum absolute atomic E-state index is 6.26. The van der Waals surface area contributed by atoms with Gasteiger partial charge >= 0.3 is 0 Å². The summed E-state index contributed by atoms with van der Waals surface area (Å²) < 4.78 is 12.4. The highest BCUT2D eigenvalue weighted by molar-refractivity contribution is 6.01. The molecule has 3 aromatic rings. The second-order valence-corrected chi connectivity index (χ2v) is 8.32. The van der Waals surface area contributed by atoms with Crippen LogP contribution in [0, 0.1) is 6.92 Å². The number of oxazole rings is 1. The SMILES string of the molecule is CC1=CC=C2N=C(c3ccc(-c4nc5ccc(C)cc5o4)c4c3C=CCC4)OC2C1. The summed E-state index contributed by atoms with van der Waals surface area (Å²) in [5.74, 6) is 1.40. The number of nitrogens with zero attached hydrogens (tertiary/aromatic N) is 2. The van der Waals surface area contributed by atoms with Gasteiger partial charge in [0.2, 0.25) is 11.8 Å². The minimum atomic E-state index is 0.0353. The van der Waals surface area contributed by atoms with E-state index in [1.165, 1.54) is 22.3 Å². The standard InChI is InChI=1S/C26H22N2O2/c1-15-7-11-21-23(13-15)29-25(27-21)19-9-10-20(18-6-4-3-5-17(18)19)26-28-22-12-8-16(2)14-24(22)30-26/h3,5,7-12,14,23H,4,6,13H2,1-2H3. The molecule has 148 valence electrons. The van der Waals surface area contributed by atoms with Crippen molar-refractivity contribution < 1.29 is 9.15 Å². The molecule has 0 spiro atoms. The summed E-state index contributed by atoms with van der Waals surface area (Å²) in [5, 5.41) is 0. The maximum atomic E-state index is 6.26. The molecule has 0 amide bonds. The van der Waals surface area contributed by atoms with Gasteiger partial charge < -0.3 is 9.15 Å². The third-order valence-electron chi connectivity index (χ3n) is 6.07. The predicted molar refractivity (Wildman–Crippen MR) is 119 cm³/mol. The molecule has 4 nitrogen and oxygen atoms in total. The summed E-state index contributed by atoms with van der Waals surface area (Å²) in [4.78, 5) is 9.57. The molecule has 30 heavy (non-hydrogen) atoms. The minimum absolute atomic E-state index is 0.0353. The largest absolute Gasteiger partial charge is 0.467 e. The lowest BCUT2D eigenvalue weighted by Crippen LogP contribution is -2.16. The van der Waals surface area contributed by atoms with Gasteiger partial charge in [-0.25, -0.2) is 9.98 Å². The first-order chi connectivity index (χ1) is 14.7. The average molecular weight is 394 g/mol. The Kier molecular flexibility index (Phi) is 3.82. The Hall–Kier alpha value is -3.40. The van der Waals surface area contributed by atoms with Crippen LogP contribution in [0.1, 0.15) is 42.0 Å². The fourth-order valence-electron chi connectivity index (χ4n) is 4.50. The van der Waals surface area contributed by atoms with E-state index < -0.39 is 0 Å². The molecule has 2 aliphatic carbocycles. The van der Waals surface area contributed by atoms with E-state index in [0.29, 0.717) is 5.89 Å². The highest BCUT2D eigenvalue weighted by atomic mass is 16.5. The van der Waals surface area contributed by atoms with E-state index in [2.05, 4.69) is 56.4 Å². The van der Waals surface area contributed by atoms with Gasteiger partial charge in [0, 0.05) is 17.5 Å². The van der Waals surface area contributed by atoms with Gasteiger partial charge in [-0.2, -0.15) is 0 Å². The van der Waals surface area contributed by atoms with Crippen LogP contribution < -0.4 is 0 Å². The molecule has 1 atom stereocenters. The molecule has 0 saturated heterocycles. The van der Waals surface area contributed by atoms with Crippen molar-refractivity contribution in [2.75, 3.05) is 0 Å². The van der Waals surface area contributed by atoms with Gasteiger partial charge in [0.1, 0.15) is 11.6 Å². The third kappa shape index (κ3) is 2.75. The Morgan fingerprint density at radius 1 is 1.03 bits per heavy atom. The van der Waals surface area contributed by atoms with Gasteiger partial charge in [0.25, 0.3) is 0 Å². The molecule has 6 rings (SSSR count). The van der Waals surface area contributed by atoms with Crippen molar-refractivity contribution in [2.24, 2.45) is 4.99 Å². The van der Waals surface area contributed by atoms with Gasteiger partial charge in [-0.1, -0.05) is 29.9 Å². The third-order valence-corrected chi connectivity index (χ3v) is 6.07. The molecule has 2 aromatic carbocycles. The fraction of sp³-hybridized carbons (Fsp3) is 0.231. The minimum Gasteiger partial charge on any atom is -0.467 e. The smallest absolute Gasteiger partial charge is 0.227 e. The summed E-state index contributed by atoms with van der Waals surface area (Å²) in [5.41, 5.74) is 9.75. The number of rotatable bonds is 2. The zero-order valence-corrected chi connectivity index (χ0v) is 17.1. The van der Waals surface area contributed by atoms with Crippen molar-refractivity contribution in [2.45, 2.75) is 39.2 Å². The van der Waals surface area contributed by atoms with Crippen molar-refractivity contribution >= 4 is 23.1 Å². The summed E-state index contributed by atoms with van der Waals surface area (Å²) >= 11 is 0. The Bertz CT molecular complexity index is 1320. The van der Waals surface area contributed by atoms with Gasteiger partial charge in [0.15, 0.2) is 5.58 Å². The number of aryl methyl sites for hydroxylation is 1. The van der Waals surface area contributed by atoms with E-state index in [9.17, 15) is 0 Å². The maximum Gasteiger partial charge on any atom is 0.227 e. The first-order valence-corrected chi connectivity index (χ1v) is 10.5. The second kappa shape index (κ2) is 6.56. The van der Waals surface area contributed by atoms with Gasteiger partial charge in [-0.15, -0.1) is 0 Å². The molecule has 0 saturated carbocycles. The number of aromatic nitrogens is 1. The molecule has 1 aliphatic heterocycles. The van der Waals surface area contributed by atoms with Crippen LogP contribution in [0.5, 0.6) is 0 Å². The Balaban J connectivity index is 1.46. The van der Waals surface area contributed by atoms with E-state index >= 15 is 0 Å². The molecule has 3 aliphatic rings. The summed E-state index contributed by atoms with van der Waals surface area (Å²) in [6, 6.07) is 10.3. The van der Waals surface area contributed by atoms with Gasteiger partial charge in [-0.3, -0.25) is 0 Å². The molecule has 0 bridgehead atoms. The normalized spacial score (nSPS) is 19.7. The molecule has 0 radical (unpaired) electrons. The molecule has 4 heteroatoms. The van der Waals surface area contributed by atoms with Crippen molar-refractivity contribution in [3.05, 3.63) is 82.1 Å². The van der Waals surface area contributed by atoms with Gasteiger partial charge in [-0.05, 0) is 73.7 Å². The zero-order chi connectivity index (χ0) is 20.2. The van der Waals surface area contributed by atoms with Crippen LogP contribution in [0.4, 0.5) is 0 Å². The van der Waals surface area contributed by atoms with Crippen LogP contribution in [-0.2, 0) is 11.2 Å². The Labute approximate surface area is 175 Å². The molecule has 0 N–H and O–H groups in total. The molecule has 0 fully saturated rings. The van der Waals surface area contributed by atoms with E-state index in [1.807, 2.05) is 12.1 Å². The second-order valence-electron chi connectivity index (χ2n) is 8.32. The van der Waals surface area contributed by atoms with E-state index in [4.69, 9.17) is 19.1 Å². The first kappa shape index (κ1) is 17.5. The zero-order valence-electron chi connectivity index (χ0n) is 17.1. The number of fused-ring (bicyclic) bond motifs is 3. The summed E-state index contributed by atoms with van der Waals surface area (Å²) in [6.07, 6.45) is 11.5. The summed E-state index contributed by atoms with van der Waals surface area (Å²) in [6.45, 7) is 4.20. The van der Waals surface area contributed by atoms with E-state index in [0.717, 1.165) is 53.1 Å². The molecule has 1 unspecified atom stereocenters. The summed E-state index contributed by atoms with van der Waals surface area (Å²) in [7, 11) is 0. The molecular weight excluding hydrogens is 372 g/mol. The van der Waals surface area contributed by atoms with Crippen LogP contribution >= 0.6 is 0 Å². The molecule has 2 heterocycles. The number of ether oxygens (including phenoxy) is 1. The lowest BCUT2D eigenvalue weighted by Gasteiger charge is -2.19. The van der Waals surface area contributed by atoms with Crippen LogP contribution in [0.25, 0.3) is 28.6 Å². The van der Waals surface area contributed by atoms with Crippen molar-refractivity contribution in [1.29, 1.82) is 0 Å². The van der Waals surface area contributed by atoms with Crippen molar-refractivity contribution in [1.82, 2.24) is 4.98 Å². The van der Waals surface area contributed by atoms with E-state index in [-0.39, 0.29) is 6.10 Å². The van der Waals surface area contributed by atoms with Crippen molar-refractivity contribution in [3.63, 3.8) is 0 Å². The highest BCUT2D eigenvalue weighted by Gasteiger charge is 2.30. The first-order valence-electron chi connectivity index (χ1n) is 10.5. The number of hydrogen-bond donors (Lipinski definition) is 0. The Morgan fingerprint density at radius 3 is 2.87 bits per heavy atom. The predicted octanol–water partition coefficient (Wildman–Crippen LogP) is 6.14. The number of allylic oxidation sites excluding steroid dienone is 3. The quantitative estimate of drug-likeness (QED) is 0.524. The van der Waals surface area contributed by atoms with Crippen LogP contribution in [0.3, 0.4) is 0 Å². The average Bonchev–Trinajstić information content (AvgIpc) is 3.36. The lowest BCUT2D eigenvalue weighted by molar-refractivity contribution is 0.244. The van der Waals surface area contributed by atoms with Crippen LogP contribution in [0.15, 0.2) is 69.2 Å². The molecule has 1 aromatic heterocycles. The number of aliphatic imine (C=N–C) groups is 1. The monoisotopic (exact) mass is 394 g/mol. The topological polar surface area (TPSA) is 47.6 Å². The number of benzene rings is 2. The van der Waals surface area contributed by atoms with Crippen LogP contribution in [0.2, 0.25) is 0 Å². The lowest BCUT2D eigenvalue weighted by atomic mass is 9.89. The molecular formula is C26H22N2O2. The number of hydrogen-bond acceptors (Lipinski definition) is 4. The van der Waals surface area contributed by atoms with Crippen LogP contribution in [-0.4, -0.2) is 17.0 Å². The Morgan fingerprint density at radius 2 is 1.93 bits per heavy atom. The van der Waals surface area contributed by atoms with Crippen molar-refractivity contribution in [3.8, 4) is 11.5 Å². The highest BCUT2D eigenvalue weighted by Crippen LogP contribution is 2.37. The fourth-order valence-corrected chi connectivity index (χ4v) is 4.50.